The van der Waals surface area contributed by atoms with Crippen LogP contribution in [0.1, 0.15) is 5.56 Å². The maximum Gasteiger partial charge on any atom is 0.238 e. The highest BCUT2D eigenvalue weighted by atomic mass is 35.5. The lowest BCUT2D eigenvalue weighted by Gasteiger charge is -2.34. The quantitative estimate of drug-likeness (QED) is 0.888. The Bertz CT molecular complexity index is 732. The first kappa shape index (κ1) is 17.9. The molecule has 1 N–H and O–H groups in total. The van der Waals surface area contributed by atoms with Gasteiger partial charge in [-0.05, 0) is 29.8 Å². The van der Waals surface area contributed by atoms with E-state index in [1.54, 1.807) is 24.3 Å². The van der Waals surface area contributed by atoms with E-state index < -0.39 is 0 Å². The van der Waals surface area contributed by atoms with Crippen molar-refractivity contribution in [3.8, 4) is 0 Å². The molecular weight excluding hydrogens is 341 g/mol. The van der Waals surface area contributed by atoms with Crippen molar-refractivity contribution in [2.75, 3.05) is 38.0 Å². The molecule has 0 bridgehead atoms. The van der Waals surface area contributed by atoms with E-state index >= 15 is 0 Å². The summed E-state index contributed by atoms with van der Waals surface area (Å²) in [6.07, 6.45) is 0. The summed E-state index contributed by atoms with van der Waals surface area (Å²) in [5, 5.41) is 3.38. The van der Waals surface area contributed by atoms with E-state index in [2.05, 4.69) is 15.1 Å². The first-order chi connectivity index (χ1) is 12.1. The Morgan fingerprint density at radius 3 is 2.48 bits per heavy atom. The van der Waals surface area contributed by atoms with Gasteiger partial charge in [0.15, 0.2) is 0 Å². The molecule has 132 valence electrons. The minimum atomic E-state index is -0.202. The van der Waals surface area contributed by atoms with Crippen molar-refractivity contribution in [3.63, 3.8) is 0 Å². The maximum absolute atomic E-state index is 13.3. The van der Waals surface area contributed by atoms with Gasteiger partial charge in [0, 0.05) is 32.7 Å². The van der Waals surface area contributed by atoms with E-state index in [0.29, 0.717) is 17.3 Å². The van der Waals surface area contributed by atoms with Gasteiger partial charge in [0.05, 0.1) is 17.3 Å². The number of hydrogen-bond donors (Lipinski definition) is 1. The molecule has 0 saturated carbocycles. The molecule has 25 heavy (non-hydrogen) atoms. The number of carbonyl (C=O) groups is 1. The highest BCUT2D eigenvalue weighted by Crippen LogP contribution is 2.20. The van der Waals surface area contributed by atoms with Crippen LogP contribution in [0.4, 0.5) is 10.1 Å². The summed E-state index contributed by atoms with van der Waals surface area (Å²) >= 11 is 6.06. The molecule has 1 saturated heterocycles. The van der Waals surface area contributed by atoms with Gasteiger partial charge in [-0.3, -0.25) is 14.6 Å². The van der Waals surface area contributed by atoms with E-state index in [4.69, 9.17) is 11.6 Å². The zero-order valence-corrected chi connectivity index (χ0v) is 14.7. The molecule has 2 aromatic rings. The fourth-order valence-corrected chi connectivity index (χ4v) is 3.14. The van der Waals surface area contributed by atoms with Crippen molar-refractivity contribution in [1.82, 2.24) is 9.80 Å². The van der Waals surface area contributed by atoms with Crippen LogP contribution in [0.15, 0.2) is 48.5 Å². The SMILES string of the molecule is O=C(CN1CCN(Cc2cccc(F)c2)CC1)Nc1ccccc1Cl. The van der Waals surface area contributed by atoms with Gasteiger partial charge in [0.1, 0.15) is 5.82 Å². The predicted octanol–water partition coefficient (Wildman–Crippen LogP) is 3.24. The molecule has 0 aliphatic carbocycles. The normalized spacial score (nSPS) is 15.9. The van der Waals surface area contributed by atoms with Crippen LogP contribution in [0, 0.1) is 5.82 Å². The van der Waals surface area contributed by atoms with Gasteiger partial charge < -0.3 is 5.32 Å². The third-order valence-corrected chi connectivity index (χ3v) is 4.60. The van der Waals surface area contributed by atoms with Gasteiger partial charge in [-0.2, -0.15) is 0 Å². The van der Waals surface area contributed by atoms with Crippen LogP contribution in [-0.2, 0) is 11.3 Å². The van der Waals surface area contributed by atoms with Crippen molar-refractivity contribution in [2.45, 2.75) is 6.54 Å². The topological polar surface area (TPSA) is 35.6 Å². The molecule has 3 rings (SSSR count). The van der Waals surface area contributed by atoms with E-state index in [0.717, 1.165) is 38.3 Å². The monoisotopic (exact) mass is 361 g/mol. The molecule has 1 fully saturated rings. The zero-order chi connectivity index (χ0) is 17.6. The van der Waals surface area contributed by atoms with E-state index in [1.807, 2.05) is 18.2 Å². The van der Waals surface area contributed by atoms with Crippen LogP contribution < -0.4 is 5.32 Å². The molecule has 0 aromatic heterocycles. The van der Waals surface area contributed by atoms with Crippen LogP contribution >= 0.6 is 11.6 Å². The van der Waals surface area contributed by atoms with Crippen molar-refractivity contribution < 1.29 is 9.18 Å². The summed E-state index contributed by atoms with van der Waals surface area (Å²) in [5.74, 6) is -0.265. The number of benzene rings is 2. The number of halogens is 2. The number of carbonyl (C=O) groups excluding carboxylic acids is 1. The molecule has 6 heteroatoms. The summed E-state index contributed by atoms with van der Waals surface area (Å²) in [6.45, 7) is 4.42. The summed E-state index contributed by atoms with van der Waals surface area (Å²) in [7, 11) is 0. The third-order valence-electron chi connectivity index (χ3n) is 4.28. The number of nitrogens with one attached hydrogen (secondary N) is 1. The third kappa shape index (κ3) is 5.26. The van der Waals surface area contributed by atoms with Gasteiger partial charge in [-0.15, -0.1) is 0 Å². The summed E-state index contributed by atoms with van der Waals surface area (Å²) < 4.78 is 13.3. The number of rotatable bonds is 5. The number of nitrogens with zero attached hydrogens (tertiary/aromatic N) is 2. The molecule has 1 aliphatic heterocycles. The van der Waals surface area contributed by atoms with Gasteiger partial charge in [-0.1, -0.05) is 35.9 Å². The molecule has 1 amide bonds. The number of para-hydroxylation sites is 1. The minimum absolute atomic E-state index is 0.0633. The Morgan fingerprint density at radius 1 is 1.04 bits per heavy atom. The van der Waals surface area contributed by atoms with Crippen molar-refractivity contribution in [1.29, 1.82) is 0 Å². The van der Waals surface area contributed by atoms with Crippen LogP contribution in [0.2, 0.25) is 5.02 Å². The molecule has 1 heterocycles. The first-order valence-electron chi connectivity index (χ1n) is 8.34. The Morgan fingerprint density at radius 2 is 1.76 bits per heavy atom. The molecule has 0 spiro atoms. The molecule has 2 aromatic carbocycles. The molecule has 0 atom stereocenters. The van der Waals surface area contributed by atoms with Gasteiger partial charge in [-0.25, -0.2) is 4.39 Å². The van der Waals surface area contributed by atoms with Crippen molar-refractivity contribution in [3.05, 3.63) is 64.9 Å². The highest BCUT2D eigenvalue weighted by Gasteiger charge is 2.19. The predicted molar refractivity (Wildman–Crippen MR) is 98.2 cm³/mol. The van der Waals surface area contributed by atoms with Crippen molar-refractivity contribution >= 4 is 23.2 Å². The fourth-order valence-electron chi connectivity index (χ4n) is 2.95. The highest BCUT2D eigenvalue weighted by molar-refractivity contribution is 6.33. The fraction of sp³-hybridized carbons (Fsp3) is 0.316. The smallest absolute Gasteiger partial charge is 0.238 e. The number of amides is 1. The zero-order valence-electron chi connectivity index (χ0n) is 13.9. The summed E-state index contributed by atoms with van der Waals surface area (Å²) in [5.41, 5.74) is 1.61. The second-order valence-electron chi connectivity index (χ2n) is 6.21. The van der Waals surface area contributed by atoms with Crippen LogP contribution in [0.5, 0.6) is 0 Å². The molecule has 0 radical (unpaired) electrons. The Kier molecular flexibility index (Phi) is 6.02. The summed E-state index contributed by atoms with van der Waals surface area (Å²) in [4.78, 5) is 16.6. The average Bonchev–Trinajstić information content (AvgIpc) is 2.59. The largest absolute Gasteiger partial charge is 0.324 e. The van der Waals surface area contributed by atoms with E-state index in [-0.39, 0.29) is 11.7 Å². The van der Waals surface area contributed by atoms with E-state index in [9.17, 15) is 9.18 Å². The van der Waals surface area contributed by atoms with Crippen LogP contribution in [-0.4, -0.2) is 48.4 Å². The van der Waals surface area contributed by atoms with Crippen LogP contribution in [0.3, 0.4) is 0 Å². The second kappa shape index (κ2) is 8.43. The van der Waals surface area contributed by atoms with Gasteiger partial charge in [0.2, 0.25) is 5.91 Å². The number of anilines is 1. The van der Waals surface area contributed by atoms with Gasteiger partial charge >= 0.3 is 0 Å². The molecular formula is C19H21ClFN3O. The maximum atomic E-state index is 13.3. The number of piperazine rings is 1. The Hall–Kier alpha value is -1.95. The minimum Gasteiger partial charge on any atom is -0.324 e. The molecule has 4 nitrogen and oxygen atoms in total. The van der Waals surface area contributed by atoms with Gasteiger partial charge in [0.25, 0.3) is 0 Å². The van der Waals surface area contributed by atoms with Crippen molar-refractivity contribution in [2.24, 2.45) is 0 Å². The lowest BCUT2D eigenvalue weighted by atomic mass is 10.2. The van der Waals surface area contributed by atoms with Crippen LogP contribution in [0.25, 0.3) is 0 Å². The number of hydrogen-bond acceptors (Lipinski definition) is 3. The Balaban J connectivity index is 1.44. The second-order valence-corrected chi connectivity index (χ2v) is 6.62. The Labute approximate surface area is 152 Å². The lowest BCUT2D eigenvalue weighted by Crippen LogP contribution is -2.48. The summed E-state index contributed by atoms with van der Waals surface area (Å²) in [6, 6.07) is 13.9. The lowest BCUT2D eigenvalue weighted by molar-refractivity contribution is -0.117. The first-order valence-corrected chi connectivity index (χ1v) is 8.71. The standard InChI is InChI=1S/C19H21ClFN3O/c20-17-6-1-2-7-18(17)22-19(25)14-24-10-8-23(9-11-24)13-15-4-3-5-16(21)12-15/h1-7,12H,8-11,13-14H2,(H,22,25). The molecule has 1 aliphatic rings. The van der Waals surface area contributed by atoms with E-state index in [1.165, 1.54) is 6.07 Å². The molecule has 0 unspecified atom stereocenters. The average molecular weight is 362 g/mol.